The highest BCUT2D eigenvalue weighted by molar-refractivity contribution is 7.99. The Bertz CT molecular complexity index is 459. The van der Waals surface area contributed by atoms with Crippen molar-refractivity contribution < 1.29 is 4.79 Å². The van der Waals surface area contributed by atoms with Crippen LogP contribution in [0.5, 0.6) is 0 Å². The second-order valence-electron chi connectivity index (χ2n) is 5.53. The number of anilines is 1. The van der Waals surface area contributed by atoms with Crippen molar-refractivity contribution >= 4 is 23.4 Å². The van der Waals surface area contributed by atoms with Gasteiger partial charge < -0.3 is 10.6 Å². The van der Waals surface area contributed by atoms with Crippen molar-refractivity contribution in [3.8, 4) is 0 Å². The van der Waals surface area contributed by atoms with Gasteiger partial charge in [-0.2, -0.15) is 11.8 Å². The number of nitrogens with zero attached hydrogens (tertiary/aromatic N) is 1. The van der Waals surface area contributed by atoms with E-state index in [0.29, 0.717) is 11.6 Å². The molecule has 1 aromatic heterocycles. The zero-order valence-electron chi connectivity index (χ0n) is 12.9. The van der Waals surface area contributed by atoms with Gasteiger partial charge in [-0.3, -0.25) is 9.78 Å². The van der Waals surface area contributed by atoms with E-state index in [9.17, 15) is 4.79 Å². The van der Waals surface area contributed by atoms with Crippen LogP contribution >= 0.6 is 11.8 Å². The van der Waals surface area contributed by atoms with E-state index in [2.05, 4.69) is 28.8 Å². The molecule has 0 spiro atoms. The first-order valence-electron chi connectivity index (χ1n) is 7.76. The first kappa shape index (κ1) is 16.1. The molecule has 0 unspecified atom stereocenters. The van der Waals surface area contributed by atoms with Crippen molar-refractivity contribution in [2.75, 3.05) is 18.1 Å². The zero-order chi connectivity index (χ0) is 15.1. The van der Waals surface area contributed by atoms with E-state index in [1.807, 2.05) is 11.8 Å². The van der Waals surface area contributed by atoms with Gasteiger partial charge in [0, 0.05) is 24.0 Å². The lowest BCUT2D eigenvalue weighted by molar-refractivity contribution is 0.0929. The van der Waals surface area contributed by atoms with Crippen molar-refractivity contribution in [2.24, 2.45) is 0 Å². The number of pyridine rings is 1. The first-order chi connectivity index (χ1) is 10.2. The van der Waals surface area contributed by atoms with E-state index in [1.54, 1.807) is 18.5 Å². The maximum absolute atomic E-state index is 12.5. The molecule has 1 heterocycles. The molecule has 21 heavy (non-hydrogen) atoms. The Morgan fingerprint density at radius 1 is 1.38 bits per heavy atom. The Balaban J connectivity index is 1.94. The van der Waals surface area contributed by atoms with Gasteiger partial charge in [-0.05, 0) is 44.4 Å². The average Bonchev–Trinajstić information content (AvgIpc) is 2.54. The van der Waals surface area contributed by atoms with E-state index in [-0.39, 0.29) is 5.91 Å². The molecule has 2 rings (SSSR count). The predicted molar refractivity (Wildman–Crippen MR) is 90.0 cm³/mol. The van der Waals surface area contributed by atoms with Crippen LogP contribution in [0.25, 0.3) is 0 Å². The zero-order valence-corrected chi connectivity index (χ0v) is 13.7. The summed E-state index contributed by atoms with van der Waals surface area (Å²) in [6, 6.07) is 2.11. The van der Waals surface area contributed by atoms with Crippen LogP contribution in [-0.2, 0) is 0 Å². The van der Waals surface area contributed by atoms with Crippen LogP contribution in [0.15, 0.2) is 18.5 Å². The third-order valence-corrected chi connectivity index (χ3v) is 5.11. The Labute approximate surface area is 131 Å². The van der Waals surface area contributed by atoms with E-state index in [0.717, 1.165) is 36.7 Å². The average molecular weight is 307 g/mol. The summed E-state index contributed by atoms with van der Waals surface area (Å²) in [6.45, 7) is 2.96. The number of amides is 1. The molecule has 1 saturated carbocycles. The number of carbonyl (C=O) groups is 1. The minimum absolute atomic E-state index is 0.0172. The second-order valence-corrected chi connectivity index (χ2v) is 6.67. The lowest BCUT2D eigenvalue weighted by Crippen LogP contribution is -2.38. The fourth-order valence-electron chi connectivity index (χ4n) is 2.70. The molecule has 0 aromatic carbocycles. The van der Waals surface area contributed by atoms with Gasteiger partial charge in [0.1, 0.15) is 0 Å². The number of aromatic nitrogens is 1. The van der Waals surface area contributed by atoms with Crippen molar-refractivity contribution in [2.45, 2.75) is 50.3 Å². The summed E-state index contributed by atoms with van der Waals surface area (Å²) < 4.78 is 0. The fourth-order valence-corrected chi connectivity index (χ4v) is 3.44. The van der Waals surface area contributed by atoms with Gasteiger partial charge >= 0.3 is 0 Å². The number of rotatable bonds is 6. The topological polar surface area (TPSA) is 54.0 Å². The number of thioether (sulfide) groups is 1. The highest BCUT2D eigenvalue weighted by Crippen LogP contribution is 2.27. The van der Waals surface area contributed by atoms with E-state index in [4.69, 9.17) is 0 Å². The molecule has 0 radical (unpaired) electrons. The Morgan fingerprint density at radius 2 is 2.14 bits per heavy atom. The summed E-state index contributed by atoms with van der Waals surface area (Å²) in [6.07, 6.45) is 11.2. The molecular weight excluding hydrogens is 282 g/mol. The van der Waals surface area contributed by atoms with Gasteiger partial charge in [0.15, 0.2) is 0 Å². The highest BCUT2D eigenvalue weighted by Gasteiger charge is 2.22. The van der Waals surface area contributed by atoms with Gasteiger partial charge in [-0.15, -0.1) is 0 Å². The maximum Gasteiger partial charge on any atom is 0.253 e. The molecular formula is C16H25N3OS. The molecule has 1 amide bonds. The first-order valence-corrected chi connectivity index (χ1v) is 9.05. The summed E-state index contributed by atoms with van der Waals surface area (Å²) in [5.41, 5.74) is 1.53. The van der Waals surface area contributed by atoms with Crippen LogP contribution < -0.4 is 10.6 Å². The van der Waals surface area contributed by atoms with Crippen LogP contribution in [-0.4, -0.2) is 35.0 Å². The van der Waals surface area contributed by atoms with Crippen molar-refractivity contribution in [1.29, 1.82) is 0 Å². The molecule has 0 saturated heterocycles. The lowest BCUT2D eigenvalue weighted by atomic mass is 9.94. The third-order valence-electron chi connectivity index (χ3n) is 3.97. The monoisotopic (exact) mass is 307 g/mol. The molecule has 5 heteroatoms. The molecule has 0 bridgehead atoms. The van der Waals surface area contributed by atoms with E-state index < -0.39 is 0 Å². The van der Waals surface area contributed by atoms with Gasteiger partial charge in [0.25, 0.3) is 5.91 Å². The molecule has 1 fully saturated rings. The van der Waals surface area contributed by atoms with Gasteiger partial charge in [0.2, 0.25) is 0 Å². The summed E-state index contributed by atoms with van der Waals surface area (Å²) in [5.74, 6) is 0.0172. The molecule has 0 aliphatic heterocycles. The van der Waals surface area contributed by atoms with Crippen molar-refractivity contribution in [1.82, 2.24) is 10.3 Å². The molecule has 1 aliphatic rings. The minimum Gasteiger partial charge on any atom is -0.383 e. The molecule has 0 atom stereocenters. The standard InChI is InChI=1S/C16H25N3OS/c1-3-9-18-15-11-17-10-8-14(15)16(20)19-12-4-6-13(21-2)7-5-12/h8,10-13,18H,3-7,9H2,1-2H3,(H,19,20). The van der Waals surface area contributed by atoms with Gasteiger partial charge in [-0.1, -0.05) is 6.92 Å². The van der Waals surface area contributed by atoms with E-state index in [1.165, 1.54) is 12.8 Å². The summed E-state index contributed by atoms with van der Waals surface area (Å²) >= 11 is 1.94. The second kappa shape index (κ2) is 8.27. The number of carbonyl (C=O) groups excluding carboxylic acids is 1. The molecule has 1 aliphatic carbocycles. The highest BCUT2D eigenvalue weighted by atomic mass is 32.2. The molecule has 1 aromatic rings. The SMILES string of the molecule is CCCNc1cnccc1C(=O)NC1CCC(SC)CC1. The normalized spacial score (nSPS) is 21.8. The molecule has 2 N–H and O–H groups in total. The van der Waals surface area contributed by atoms with Crippen molar-refractivity contribution in [3.63, 3.8) is 0 Å². The van der Waals surface area contributed by atoms with Crippen LogP contribution in [0.4, 0.5) is 5.69 Å². The minimum atomic E-state index is 0.0172. The number of hydrogen-bond acceptors (Lipinski definition) is 4. The lowest BCUT2D eigenvalue weighted by Gasteiger charge is -2.28. The molecule has 116 valence electrons. The van der Waals surface area contributed by atoms with E-state index >= 15 is 0 Å². The summed E-state index contributed by atoms with van der Waals surface area (Å²) in [7, 11) is 0. The summed E-state index contributed by atoms with van der Waals surface area (Å²) in [4.78, 5) is 16.6. The third kappa shape index (κ3) is 4.63. The molecule has 4 nitrogen and oxygen atoms in total. The smallest absolute Gasteiger partial charge is 0.253 e. The van der Waals surface area contributed by atoms with Crippen LogP contribution in [0.1, 0.15) is 49.4 Å². The van der Waals surface area contributed by atoms with Crippen molar-refractivity contribution in [3.05, 3.63) is 24.0 Å². The predicted octanol–water partition coefficient (Wildman–Crippen LogP) is 3.31. The maximum atomic E-state index is 12.5. The number of hydrogen-bond donors (Lipinski definition) is 2. The fraction of sp³-hybridized carbons (Fsp3) is 0.625. The Kier molecular flexibility index (Phi) is 6.36. The van der Waals surface area contributed by atoms with Crippen LogP contribution in [0, 0.1) is 0 Å². The Hall–Kier alpha value is -1.23. The van der Waals surface area contributed by atoms with Gasteiger partial charge in [-0.25, -0.2) is 0 Å². The Morgan fingerprint density at radius 3 is 2.81 bits per heavy atom. The largest absolute Gasteiger partial charge is 0.383 e. The number of nitrogens with one attached hydrogen (secondary N) is 2. The van der Waals surface area contributed by atoms with Crippen LogP contribution in [0.3, 0.4) is 0 Å². The van der Waals surface area contributed by atoms with Crippen LogP contribution in [0.2, 0.25) is 0 Å². The summed E-state index contributed by atoms with van der Waals surface area (Å²) in [5, 5.41) is 7.22. The van der Waals surface area contributed by atoms with Gasteiger partial charge in [0.05, 0.1) is 17.4 Å². The quantitative estimate of drug-likeness (QED) is 0.846.